The van der Waals surface area contributed by atoms with E-state index in [0.717, 1.165) is 16.5 Å². The highest BCUT2D eigenvalue weighted by molar-refractivity contribution is 7.80. The number of halogens is 2. The highest BCUT2D eigenvalue weighted by atomic mass is 35.5. The van der Waals surface area contributed by atoms with E-state index in [1.54, 1.807) is 24.3 Å². The summed E-state index contributed by atoms with van der Waals surface area (Å²) in [6.07, 6.45) is 3.41. The van der Waals surface area contributed by atoms with Gasteiger partial charge < -0.3 is 4.57 Å². The minimum atomic E-state index is -0.584. The van der Waals surface area contributed by atoms with E-state index in [-0.39, 0.29) is 20.7 Å². The Morgan fingerprint density at radius 3 is 2.48 bits per heavy atom. The molecule has 1 aliphatic heterocycles. The first kappa shape index (κ1) is 21.4. The van der Waals surface area contributed by atoms with Crippen molar-refractivity contribution in [2.24, 2.45) is 0 Å². The molecule has 5 rings (SSSR count). The van der Waals surface area contributed by atoms with Crippen LogP contribution in [0.4, 0.5) is 5.69 Å². The molecule has 3 aromatic carbocycles. The fraction of sp³-hybridized carbons (Fsp3) is 0. The van der Waals surface area contributed by atoms with Crippen LogP contribution in [0.1, 0.15) is 5.69 Å². The van der Waals surface area contributed by atoms with Gasteiger partial charge in [-0.1, -0.05) is 59.6 Å². The van der Waals surface area contributed by atoms with Crippen LogP contribution in [0.5, 0.6) is 0 Å². The maximum Gasteiger partial charge on any atom is 0.270 e. The highest BCUT2D eigenvalue weighted by Gasteiger charge is 2.36. The molecule has 162 valence electrons. The fourth-order valence-corrected chi connectivity index (χ4v) is 4.42. The molecule has 8 heteroatoms. The maximum absolute atomic E-state index is 13.4. The molecule has 33 heavy (non-hydrogen) atoms. The van der Waals surface area contributed by atoms with Crippen LogP contribution in [0.3, 0.4) is 0 Å². The number of anilines is 1. The second kappa shape index (κ2) is 8.48. The van der Waals surface area contributed by atoms with Crippen molar-refractivity contribution in [1.82, 2.24) is 9.88 Å². The zero-order valence-electron chi connectivity index (χ0n) is 17.0. The molecule has 1 aliphatic rings. The van der Waals surface area contributed by atoms with Crippen LogP contribution >= 0.6 is 35.4 Å². The lowest BCUT2D eigenvalue weighted by Gasteiger charge is -2.29. The van der Waals surface area contributed by atoms with Gasteiger partial charge in [0.05, 0.1) is 15.7 Å². The summed E-state index contributed by atoms with van der Waals surface area (Å²) in [5.74, 6) is -1.16. The molecule has 1 N–H and O–H groups in total. The summed E-state index contributed by atoms with van der Waals surface area (Å²) in [5, 5.41) is 5.16. The van der Waals surface area contributed by atoms with E-state index in [1.165, 1.54) is 4.90 Å². The van der Waals surface area contributed by atoms with Crippen LogP contribution < -0.4 is 10.2 Å². The van der Waals surface area contributed by atoms with Gasteiger partial charge in [-0.3, -0.25) is 19.8 Å². The summed E-state index contributed by atoms with van der Waals surface area (Å²) in [5.41, 5.74) is 1.79. The summed E-state index contributed by atoms with van der Waals surface area (Å²) in [4.78, 5) is 27.2. The smallest absolute Gasteiger partial charge is 0.270 e. The number of carbonyl (C=O) groups excluding carboxylic acids is 2. The number of carbonyl (C=O) groups is 2. The molecule has 1 fully saturated rings. The molecule has 0 spiro atoms. The van der Waals surface area contributed by atoms with Crippen molar-refractivity contribution in [3.05, 3.63) is 100 Å². The third-order valence-corrected chi connectivity index (χ3v) is 6.45. The Kier molecular flexibility index (Phi) is 5.50. The normalized spacial score (nSPS) is 15.4. The van der Waals surface area contributed by atoms with E-state index in [4.69, 9.17) is 35.4 Å². The van der Waals surface area contributed by atoms with Crippen molar-refractivity contribution < 1.29 is 9.59 Å². The molecule has 5 nitrogen and oxygen atoms in total. The van der Waals surface area contributed by atoms with Crippen molar-refractivity contribution in [2.45, 2.75) is 0 Å². The van der Waals surface area contributed by atoms with Gasteiger partial charge in [0.25, 0.3) is 11.8 Å². The van der Waals surface area contributed by atoms with E-state index in [9.17, 15) is 9.59 Å². The van der Waals surface area contributed by atoms with Crippen molar-refractivity contribution in [1.29, 1.82) is 0 Å². The Morgan fingerprint density at radius 1 is 0.879 bits per heavy atom. The summed E-state index contributed by atoms with van der Waals surface area (Å²) < 4.78 is 1.91. The Labute approximate surface area is 204 Å². The number of thiocarbonyl (C=S) groups is 1. The van der Waals surface area contributed by atoms with Gasteiger partial charge in [-0.15, -0.1) is 0 Å². The first-order valence-electron chi connectivity index (χ1n) is 9.96. The van der Waals surface area contributed by atoms with Crippen LogP contribution in [0.15, 0.2) is 84.6 Å². The van der Waals surface area contributed by atoms with Gasteiger partial charge in [0, 0.05) is 17.6 Å². The zero-order chi connectivity index (χ0) is 23.1. The van der Waals surface area contributed by atoms with E-state index >= 15 is 0 Å². The third-order valence-electron chi connectivity index (χ3n) is 5.36. The van der Waals surface area contributed by atoms with Crippen LogP contribution in [0.25, 0.3) is 22.5 Å². The molecule has 4 aromatic rings. The average molecular weight is 492 g/mol. The van der Waals surface area contributed by atoms with Gasteiger partial charge in [0.1, 0.15) is 5.57 Å². The summed E-state index contributed by atoms with van der Waals surface area (Å²) in [6.45, 7) is 0. The summed E-state index contributed by atoms with van der Waals surface area (Å²) in [6, 6.07) is 22.7. The van der Waals surface area contributed by atoms with Gasteiger partial charge in [-0.05, 0) is 65.5 Å². The van der Waals surface area contributed by atoms with Gasteiger partial charge in [-0.25, -0.2) is 0 Å². The van der Waals surface area contributed by atoms with Crippen molar-refractivity contribution in [3.63, 3.8) is 0 Å². The number of aromatic nitrogens is 1. The molecule has 0 unspecified atom stereocenters. The van der Waals surface area contributed by atoms with E-state index < -0.39 is 11.8 Å². The number of hydrogen-bond acceptors (Lipinski definition) is 3. The average Bonchev–Trinajstić information content (AvgIpc) is 3.27. The quantitative estimate of drug-likeness (QED) is 0.225. The Bertz CT molecular complexity index is 1490. The second-order valence-electron chi connectivity index (χ2n) is 7.37. The van der Waals surface area contributed by atoms with Crippen LogP contribution in [0.2, 0.25) is 10.0 Å². The number of amides is 2. The van der Waals surface area contributed by atoms with Gasteiger partial charge in [0.2, 0.25) is 0 Å². The van der Waals surface area contributed by atoms with Gasteiger partial charge in [0.15, 0.2) is 5.11 Å². The predicted molar refractivity (Wildman–Crippen MR) is 136 cm³/mol. The summed E-state index contributed by atoms with van der Waals surface area (Å²) in [7, 11) is 0. The molecule has 0 aliphatic carbocycles. The van der Waals surface area contributed by atoms with Crippen molar-refractivity contribution in [3.8, 4) is 5.69 Å². The number of nitrogens with zero attached hydrogens (tertiary/aromatic N) is 2. The molecule has 0 saturated carbocycles. The van der Waals surface area contributed by atoms with E-state index in [1.807, 2.05) is 65.4 Å². The lowest BCUT2D eigenvalue weighted by Crippen LogP contribution is -2.54. The number of benzene rings is 3. The molecule has 0 radical (unpaired) electrons. The summed E-state index contributed by atoms with van der Waals surface area (Å²) >= 11 is 17.7. The van der Waals surface area contributed by atoms with Crippen molar-refractivity contribution in [2.75, 3.05) is 4.90 Å². The van der Waals surface area contributed by atoms with Crippen LogP contribution in [0, 0.1) is 0 Å². The standard InChI is InChI=1S/C25H15Cl2N3O2S/c26-20-8-3-9-21(22(20)27)30-24(32)19(23(31)28-25(30)33)14-17-7-4-12-29(17)18-11-10-15-5-1-2-6-16(15)13-18/h1-14H,(H,28,31,33)/b19-14+. The first-order valence-corrected chi connectivity index (χ1v) is 11.1. The number of nitrogens with one attached hydrogen (secondary N) is 1. The molecule has 0 bridgehead atoms. The molecule has 2 heterocycles. The van der Waals surface area contributed by atoms with Crippen LogP contribution in [-0.4, -0.2) is 21.5 Å². The number of fused-ring (bicyclic) bond motifs is 1. The van der Waals surface area contributed by atoms with E-state index in [2.05, 4.69) is 5.32 Å². The lowest BCUT2D eigenvalue weighted by atomic mass is 10.1. The molecule has 0 atom stereocenters. The highest BCUT2D eigenvalue weighted by Crippen LogP contribution is 2.34. The lowest BCUT2D eigenvalue weighted by molar-refractivity contribution is -0.122. The first-order chi connectivity index (χ1) is 15.9. The predicted octanol–water partition coefficient (Wildman–Crippen LogP) is 5.77. The number of hydrogen-bond donors (Lipinski definition) is 1. The Hall–Kier alpha value is -3.45. The van der Waals surface area contributed by atoms with Crippen LogP contribution in [-0.2, 0) is 9.59 Å². The molecule has 2 amide bonds. The van der Waals surface area contributed by atoms with Gasteiger partial charge >= 0.3 is 0 Å². The Morgan fingerprint density at radius 2 is 1.67 bits per heavy atom. The molecular weight excluding hydrogens is 477 g/mol. The third kappa shape index (κ3) is 3.82. The fourth-order valence-electron chi connectivity index (χ4n) is 3.76. The minimum absolute atomic E-state index is 0.0590. The largest absolute Gasteiger partial charge is 0.317 e. The van der Waals surface area contributed by atoms with E-state index in [0.29, 0.717) is 11.4 Å². The maximum atomic E-state index is 13.4. The second-order valence-corrected chi connectivity index (χ2v) is 8.54. The Balaban J connectivity index is 1.57. The topological polar surface area (TPSA) is 54.3 Å². The molecule has 1 saturated heterocycles. The van der Waals surface area contributed by atoms with Crippen molar-refractivity contribution >= 4 is 74.9 Å². The molecular formula is C25H15Cl2N3O2S. The molecule has 1 aromatic heterocycles. The minimum Gasteiger partial charge on any atom is -0.317 e. The SMILES string of the molecule is O=C1NC(=S)N(c2cccc(Cl)c2Cl)C(=O)/C1=C/c1cccn1-c1ccc2ccccc2c1. The number of rotatable bonds is 3. The van der Waals surface area contributed by atoms with Gasteiger partial charge in [-0.2, -0.15) is 0 Å². The zero-order valence-corrected chi connectivity index (χ0v) is 19.3. The monoisotopic (exact) mass is 491 g/mol.